The molecule has 15 nitrogen and oxygen atoms in total. The summed E-state index contributed by atoms with van der Waals surface area (Å²) in [5, 5.41) is 3.16. The number of imidazole rings is 2. The van der Waals surface area contributed by atoms with E-state index in [1.165, 1.54) is 19.0 Å². The van der Waals surface area contributed by atoms with E-state index >= 15 is 0 Å². The Labute approximate surface area is 173 Å². The number of aromatic nitrogens is 8. The molecule has 0 spiro atoms. The molecule has 0 aliphatic heterocycles. The van der Waals surface area contributed by atoms with Gasteiger partial charge in [0.2, 0.25) is 0 Å². The maximum atomic E-state index is 8.74. The standard InChI is InChI=1S/C10H9N5O.C5H5N5.H2O4S/c1-2-7(16-3-1)4-11-9-8-10(13-5-12-8)15-6-14-9;6-4-3-5(9-1-7-3)10-2-8-4;1-5(2,3)4/h1-3,5-6H,4H2,(H2,11,12,13,14,15);1-2H,(H3,6,7,8,9,10);(H2,1,2,3,4). The molecular weight excluding hydrogens is 432 g/mol. The van der Waals surface area contributed by atoms with E-state index in [0.29, 0.717) is 29.2 Å². The van der Waals surface area contributed by atoms with Crippen molar-refractivity contribution < 1.29 is 21.9 Å². The van der Waals surface area contributed by atoms with Gasteiger partial charge in [-0.25, -0.2) is 29.9 Å². The van der Waals surface area contributed by atoms with E-state index in [4.69, 9.17) is 27.7 Å². The number of H-pyrrole nitrogens is 2. The molecule has 162 valence electrons. The highest BCUT2D eigenvalue weighted by molar-refractivity contribution is 7.79. The van der Waals surface area contributed by atoms with E-state index in [1.54, 1.807) is 12.6 Å². The first kappa shape index (κ1) is 21.6. The van der Waals surface area contributed by atoms with Crippen molar-refractivity contribution in [1.82, 2.24) is 39.9 Å². The lowest BCUT2D eigenvalue weighted by Gasteiger charge is -2.03. The second kappa shape index (κ2) is 9.57. The summed E-state index contributed by atoms with van der Waals surface area (Å²) in [6, 6.07) is 3.75. The third kappa shape index (κ3) is 6.42. The first-order valence-corrected chi connectivity index (χ1v) is 9.70. The molecule has 0 amide bonds. The summed E-state index contributed by atoms with van der Waals surface area (Å²) in [5.74, 6) is 2.01. The molecule has 7 N–H and O–H groups in total. The zero-order valence-corrected chi connectivity index (χ0v) is 16.4. The average molecular weight is 448 g/mol. The van der Waals surface area contributed by atoms with E-state index in [-0.39, 0.29) is 0 Å². The molecule has 0 bridgehead atoms. The Hall–Kier alpha value is -4.15. The van der Waals surface area contributed by atoms with Crippen molar-refractivity contribution >= 4 is 44.4 Å². The lowest BCUT2D eigenvalue weighted by atomic mass is 10.4. The van der Waals surface area contributed by atoms with E-state index in [9.17, 15) is 0 Å². The maximum Gasteiger partial charge on any atom is 0.394 e. The van der Waals surface area contributed by atoms with Crippen LogP contribution in [0.5, 0.6) is 0 Å². The van der Waals surface area contributed by atoms with Crippen LogP contribution in [0, 0.1) is 0 Å². The number of hydrogen-bond donors (Lipinski definition) is 6. The van der Waals surface area contributed by atoms with Crippen LogP contribution in [0.1, 0.15) is 5.76 Å². The largest absolute Gasteiger partial charge is 0.467 e. The third-order valence-electron chi connectivity index (χ3n) is 3.49. The summed E-state index contributed by atoms with van der Waals surface area (Å²) in [5.41, 5.74) is 8.23. The monoisotopic (exact) mass is 448 g/mol. The first-order chi connectivity index (χ1) is 14.8. The molecule has 0 saturated heterocycles. The van der Waals surface area contributed by atoms with Gasteiger partial charge in [-0.1, -0.05) is 0 Å². The van der Waals surface area contributed by atoms with Crippen molar-refractivity contribution in [3.63, 3.8) is 0 Å². The van der Waals surface area contributed by atoms with Gasteiger partial charge in [0.1, 0.15) is 29.4 Å². The number of aromatic amines is 2. The number of nitrogens with one attached hydrogen (secondary N) is 3. The van der Waals surface area contributed by atoms with Gasteiger partial charge in [-0.2, -0.15) is 8.42 Å². The van der Waals surface area contributed by atoms with Crippen molar-refractivity contribution in [2.75, 3.05) is 11.1 Å². The van der Waals surface area contributed by atoms with Crippen LogP contribution in [0.25, 0.3) is 22.3 Å². The van der Waals surface area contributed by atoms with Crippen LogP contribution in [0.4, 0.5) is 11.6 Å². The maximum absolute atomic E-state index is 8.74. The Morgan fingerprint density at radius 2 is 1.58 bits per heavy atom. The minimum atomic E-state index is -4.67. The molecular formula is C15H16N10O5S. The Bertz CT molecular complexity index is 1340. The molecule has 5 aromatic rings. The number of nitrogens with two attached hydrogens (primary N) is 1. The second-order valence-electron chi connectivity index (χ2n) is 5.56. The molecule has 0 fully saturated rings. The van der Waals surface area contributed by atoms with Gasteiger partial charge in [-0.15, -0.1) is 0 Å². The molecule has 0 saturated carbocycles. The molecule has 5 rings (SSSR count). The predicted octanol–water partition coefficient (Wildman–Crippen LogP) is 0.840. The topological polar surface area (TPSA) is 235 Å². The van der Waals surface area contributed by atoms with E-state index in [0.717, 1.165) is 17.1 Å². The average Bonchev–Trinajstić information content (AvgIpc) is 3.46. The third-order valence-corrected chi connectivity index (χ3v) is 3.49. The van der Waals surface area contributed by atoms with Crippen molar-refractivity contribution in [1.29, 1.82) is 0 Å². The molecule has 31 heavy (non-hydrogen) atoms. The summed E-state index contributed by atoms with van der Waals surface area (Å²) in [4.78, 5) is 29.6. The number of fused-ring (bicyclic) bond motifs is 2. The first-order valence-electron chi connectivity index (χ1n) is 8.31. The van der Waals surface area contributed by atoms with Crippen molar-refractivity contribution in [2.24, 2.45) is 0 Å². The number of anilines is 2. The fourth-order valence-corrected chi connectivity index (χ4v) is 2.27. The fourth-order valence-electron chi connectivity index (χ4n) is 2.27. The van der Waals surface area contributed by atoms with Gasteiger partial charge in [-0.05, 0) is 12.1 Å². The quantitative estimate of drug-likeness (QED) is 0.210. The second-order valence-corrected chi connectivity index (χ2v) is 6.46. The summed E-state index contributed by atoms with van der Waals surface area (Å²) >= 11 is 0. The van der Waals surface area contributed by atoms with Crippen LogP contribution in [-0.2, 0) is 16.9 Å². The summed E-state index contributed by atoms with van der Waals surface area (Å²) in [7, 11) is -4.67. The van der Waals surface area contributed by atoms with Crippen LogP contribution in [0.15, 0.2) is 48.1 Å². The highest BCUT2D eigenvalue weighted by Crippen LogP contribution is 2.15. The molecule has 0 aliphatic rings. The molecule has 0 radical (unpaired) electrons. The fraction of sp³-hybridized carbons (Fsp3) is 0.0667. The molecule has 0 aromatic carbocycles. The van der Waals surface area contributed by atoms with Gasteiger partial charge >= 0.3 is 10.4 Å². The molecule has 5 heterocycles. The van der Waals surface area contributed by atoms with Crippen LogP contribution >= 0.6 is 0 Å². The zero-order chi connectivity index (χ0) is 22.3. The summed E-state index contributed by atoms with van der Waals surface area (Å²) in [6.07, 6.45) is 7.64. The van der Waals surface area contributed by atoms with Crippen molar-refractivity contribution in [2.45, 2.75) is 6.54 Å². The van der Waals surface area contributed by atoms with E-state index < -0.39 is 10.4 Å². The molecule has 0 unspecified atom stereocenters. The van der Waals surface area contributed by atoms with Gasteiger partial charge in [0.25, 0.3) is 0 Å². The van der Waals surface area contributed by atoms with Gasteiger partial charge < -0.3 is 25.4 Å². The van der Waals surface area contributed by atoms with Crippen LogP contribution in [0.2, 0.25) is 0 Å². The highest BCUT2D eigenvalue weighted by atomic mass is 32.3. The Morgan fingerprint density at radius 3 is 2.19 bits per heavy atom. The molecule has 16 heteroatoms. The smallest absolute Gasteiger partial charge is 0.394 e. The minimum absolute atomic E-state index is 0.433. The van der Waals surface area contributed by atoms with E-state index in [1.807, 2.05) is 12.1 Å². The number of rotatable bonds is 3. The molecule has 0 aliphatic carbocycles. The van der Waals surface area contributed by atoms with Crippen molar-refractivity contribution in [3.05, 3.63) is 49.5 Å². The number of nitrogens with zero attached hydrogens (tertiary/aromatic N) is 6. The van der Waals surface area contributed by atoms with Gasteiger partial charge in [0.05, 0.1) is 25.5 Å². The Balaban J connectivity index is 0.000000155. The van der Waals surface area contributed by atoms with Gasteiger partial charge in [0, 0.05) is 0 Å². The normalized spacial score (nSPS) is 10.8. The lowest BCUT2D eigenvalue weighted by molar-refractivity contribution is 0.381. The summed E-state index contributed by atoms with van der Waals surface area (Å²) in [6.45, 7) is 0.581. The Kier molecular flexibility index (Phi) is 6.65. The Morgan fingerprint density at radius 1 is 0.968 bits per heavy atom. The number of nitrogen functional groups attached to an aromatic ring is 1. The van der Waals surface area contributed by atoms with Crippen LogP contribution < -0.4 is 11.1 Å². The predicted molar refractivity (Wildman–Crippen MR) is 108 cm³/mol. The minimum Gasteiger partial charge on any atom is -0.467 e. The van der Waals surface area contributed by atoms with Crippen LogP contribution in [0.3, 0.4) is 0 Å². The van der Waals surface area contributed by atoms with Crippen LogP contribution in [-0.4, -0.2) is 57.4 Å². The zero-order valence-electron chi connectivity index (χ0n) is 15.5. The van der Waals surface area contributed by atoms with E-state index in [2.05, 4.69) is 45.2 Å². The number of furan rings is 1. The lowest BCUT2D eigenvalue weighted by Crippen LogP contribution is -2.01. The molecule has 5 aromatic heterocycles. The van der Waals surface area contributed by atoms with Crippen molar-refractivity contribution in [3.8, 4) is 0 Å². The van der Waals surface area contributed by atoms with Gasteiger partial charge in [0.15, 0.2) is 22.9 Å². The summed E-state index contributed by atoms with van der Waals surface area (Å²) < 4.78 is 36.8. The SMILES string of the molecule is Nc1ncnc2nc[nH]c12.O=S(=O)(O)O.c1coc(CNc2ncnc3nc[nH]c23)c1. The highest BCUT2D eigenvalue weighted by Gasteiger charge is 2.05. The molecule has 0 atom stereocenters. The number of hydrogen-bond acceptors (Lipinski definition) is 11. The van der Waals surface area contributed by atoms with Gasteiger partial charge in [-0.3, -0.25) is 9.11 Å².